The molecule has 0 aliphatic carbocycles. The summed E-state index contributed by atoms with van der Waals surface area (Å²) in [5, 5.41) is 4.04. The number of nitrogens with one attached hydrogen (secondary N) is 1. The third kappa shape index (κ3) is 4.19. The Bertz CT molecular complexity index is 1260. The molecule has 2 aromatic carbocycles. The Balaban J connectivity index is 1.65. The number of hydrogen-bond acceptors (Lipinski definition) is 4. The van der Waals surface area contributed by atoms with Crippen molar-refractivity contribution < 1.29 is 4.79 Å². The van der Waals surface area contributed by atoms with E-state index < -0.39 is 0 Å². The Kier molecular flexibility index (Phi) is 5.41. The van der Waals surface area contributed by atoms with Gasteiger partial charge in [-0.3, -0.25) is 14.2 Å². The number of rotatable bonds is 4. The van der Waals surface area contributed by atoms with Gasteiger partial charge in [-0.05, 0) is 36.8 Å². The van der Waals surface area contributed by atoms with Gasteiger partial charge >= 0.3 is 0 Å². The first-order chi connectivity index (χ1) is 13.9. The molecule has 8 heteroatoms. The maximum absolute atomic E-state index is 13.0. The van der Waals surface area contributed by atoms with Crippen LogP contribution in [0.2, 0.25) is 10.0 Å². The van der Waals surface area contributed by atoms with E-state index in [4.69, 9.17) is 23.2 Å². The number of aryl methyl sites for hydroxylation is 1. The minimum atomic E-state index is -0.367. The van der Waals surface area contributed by atoms with E-state index in [9.17, 15) is 9.59 Å². The predicted octanol–water partition coefficient (Wildman–Crippen LogP) is 5.38. The Morgan fingerprint density at radius 2 is 1.79 bits per heavy atom. The average Bonchev–Trinajstić information content (AvgIpc) is 3.09. The zero-order chi connectivity index (χ0) is 20.5. The smallest absolute Gasteiger partial charge is 0.262 e. The second-order valence-corrected chi connectivity index (χ2v) is 8.36. The van der Waals surface area contributed by atoms with Gasteiger partial charge in [-0.1, -0.05) is 53.5 Å². The molecule has 5 nitrogen and oxygen atoms in total. The highest BCUT2D eigenvalue weighted by atomic mass is 35.5. The summed E-state index contributed by atoms with van der Waals surface area (Å²) in [6.07, 6.45) is 0. The van der Waals surface area contributed by atoms with E-state index in [1.54, 1.807) is 25.1 Å². The molecule has 0 saturated heterocycles. The van der Waals surface area contributed by atoms with Gasteiger partial charge < -0.3 is 5.32 Å². The maximum atomic E-state index is 13.0. The fourth-order valence-corrected chi connectivity index (χ4v) is 4.62. The number of carbonyl (C=O) groups is 1. The van der Waals surface area contributed by atoms with Crippen LogP contribution in [0.25, 0.3) is 20.7 Å². The van der Waals surface area contributed by atoms with Crippen LogP contribution in [-0.2, 0) is 11.3 Å². The molecule has 2 heterocycles. The summed E-state index contributed by atoms with van der Waals surface area (Å²) >= 11 is 13.4. The molecule has 1 N–H and O–H groups in total. The van der Waals surface area contributed by atoms with E-state index in [1.807, 2.05) is 36.4 Å². The van der Waals surface area contributed by atoms with Gasteiger partial charge in [-0.25, -0.2) is 4.98 Å². The van der Waals surface area contributed by atoms with Crippen LogP contribution >= 0.6 is 34.5 Å². The number of fused-ring (bicyclic) bond motifs is 1. The molecular formula is C21H15Cl2N3O2S. The van der Waals surface area contributed by atoms with Crippen molar-refractivity contribution in [3.8, 4) is 10.4 Å². The summed E-state index contributed by atoms with van der Waals surface area (Å²) in [4.78, 5) is 31.6. The summed E-state index contributed by atoms with van der Waals surface area (Å²) in [7, 11) is 0. The Hall–Kier alpha value is -2.67. The van der Waals surface area contributed by atoms with E-state index >= 15 is 0 Å². The number of halogens is 2. The number of anilines is 1. The topological polar surface area (TPSA) is 64.0 Å². The van der Waals surface area contributed by atoms with Crippen molar-refractivity contribution in [3.63, 3.8) is 0 Å². The molecule has 0 unspecified atom stereocenters. The van der Waals surface area contributed by atoms with Crippen molar-refractivity contribution in [2.75, 3.05) is 5.32 Å². The zero-order valence-corrected chi connectivity index (χ0v) is 17.6. The van der Waals surface area contributed by atoms with Crippen LogP contribution in [0.3, 0.4) is 0 Å². The van der Waals surface area contributed by atoms with E-state index in [0.29, 0.717) is 31.8 Å². The quantitative estimate of drug-likeness (QED) is 0.460. The maximum Gasteiger partial charge on any atom is 0.262 e. The Labute approximate surface area is 180 Å². The van der Waals surface area contributed by atoms with Gasteiger partial charge in [-0.2, -0.15) is 0 Å². The molecule has 0 aliphatic heterocycles. The van der Waals surface area contributed by atoms with Gasteiger partial charge in [0.15, 0.2) is 0 Å². The van der Waals surface area contributed by atoms with Crippen LogP contribution < -0.4 is 10.9 Å². The molecule has 0 bridgehead atoms. The van der Waals surface area contributed by atoms with Crippen molar-refractivity contribution in [2.24, 2.45) is 0 Å². The van der Waals surface area contributed by atoms with Crippen molar-refractivity contribution in [2.45, 2.75) is 13.5 Å². The molecule has 29 heavy (non-hydrogen) atoms. The SMILES string of the molecule is Cc1nc2sc(-c3ccccc3)cc2c(=O)n1CC(=O)Nc1cc(Cl)cc(Cl)c1. The monoisotopic (exact) mass is 443 g/mol. The van der Waals surface area contributed by atoms with Crippen LogP contribution in [0, 0.1) is 6.92 Å². The van der Waals surface area contributed by atoms with Gasteiger partial charge in [0.2, 0.25) is 5.91 Å². The Morgan fingerprint density at radius 1 is 1.10 bits per heavy atom. The second-order valence-electron chi connectivity index (χ2n) is 6.45. The lowest BCUT2D eigenvalue weighted by Gasteiger charge is -2.10. The molecule has 0 aliphatic rings. The van der Waals surface area contributed by atoms with Crippen LogP contribution in [-0.4, -0.2) is 15.5 Å². The molecule has 4 aromatic rings. The fraction of sp³-hybridized carbons (Fsp3) is 0.0952. The molecular weight excluding hydrogens is 429 g/mol. The summed E-state index contributed by atoms with van der Waals surface area (Å²) in [6.45, 7) is 1.56. The second kappa shape index (κ2) is 7.99. The molecule has 0 fully saturated rings. The van der Waals surface area contributed by atoms with E-state index in [1.165, 1.54) is 15.9 Å². The molecule has 0 atom stereocenters. The predicted molar refractivity (Wildman–Crippen MR) is 119 cm³/mol. The number of nitrogens with zero attached hydrogens (tertiary/aromatic N) is 2. The summed E-state index contributed by atoms with van der Waals surface area (Å²) in [5.74, 6) is 0.108. The summed E-state index contributed by atoms with van der Waals surface area (Å²) < 4.78 is 1.37. The van der Waals surface area contributed by atoms with Crippen molar-refractivity contribution in [1.82, 2.24) is 9.55 Å². The minimum absolute atomic E-state index is 0.158. The highest BCUT2D eigenvalue weighted by Crippen LogP contribution is 2.31. The van der Waals surface area contributed by atoms with Gasteiger partial charge in [0.1, 0.15) is 17.2 Å². The first-order valence-corrected chi connectivity index (χ1v) is 10.3. The average molecular weight is 444 g/mol. The zero-order valence-electron chi connectivity index (χ0n) is 15.3. The molecule has 2 aromatic heterocycles. The summed E-state index contributed by atoms with van der Waals surface area (Å²) in [6, 6.07) is 16.4. The number of carbonyl (C=O) groups excluding carboxylic acids is 1. The molecule has 0 spiro atoms. The van der Waals surface area contributed by atoms with E-state index in [2.05, 4.69) is 10.3 Å². The highest BCUT2D eigenvalue weighted by molar-refractivity contribution is 7.21. The van der Waals surface area contributed by atoms with Gasteiger partial charge in [0.25, 0.3) is 5.56 Å². The fourth-order valence-electron chi connectivity index (χ4n) is 3.02. The van der Waals surface area contributed by atoms with E-state index in [0.717, 1.165) is 10.4 Å². The van der Waals surface area contributed by atoms with Gasteiger partial charge in [0.05, 0.1) is 5.39 Å². The first kappa shape index (κ1) is 19.6. The minimum Gasteiger partial charge on any atom is -0.324 e. The third-order valence-corrected chi connectivity index (χ3v) is 5.86. The molecule has 0 saturated carbocycles. The van der Waals surface area contributed by atoms with Crippen molar-refractivity contribution >= 4 is 56.3 Å². The molecule has 146 valence electrons. The third-order valence-electron chi connectivity index (χ3n) is 4.35. The van der Waals surface area contributed by atoms with Crippen LogP contribution in [0.4, 0.5) is 5.69 Å². The standard InChI is InChI=1S/C21H15Cl2N3O2S/c1-12-24-20-17(10-18(29-20)13-5-3-2-4-6-13)21(28)26(12)11-19(27)25-16-8-14(22)7-15(23)9-16/h2-10H,11H2,1H3,(H,25,27). The lowest BCUT2D eigenvalue weighted by molar-refractivity contribution is -0.116. The molecule has 1 amide bonds. The van der Waals surface area contributed by atoms with Crippen LogP contribution in [0.1, 0.15) is 5.82 Å². The lowest BCUT2D eigenvalue weighted by atomic mass is 10.2. The lowest BCUT2D eigenvalue weighted by Crippen LogP contribution is -2.29. The summed E-state index contributed by atoms with van der Waals surface area (Å²) in [5.41, 5.74) is 1.24. The van der Waals surface area contributed by atoms with E-state index in [-0.39, 0.29) is 18.0 Å². The van der Waals surface area contributed by atoms with Crippen molar-refractivity contribution in [1.29, 1.82) is 0 Å². The first-order valence-electron chi connectivity index (χ1n) is 8.73. The largest absolute Gasteiger partial charge is 0.324 e. The van der Waals surface area contributed by atoms with Crippen LogP contribution in [0.5, 0.6) is 0 Å². The normalized spacial score (nSPS) is 11.0. The number of aromatic nitrogens is 2. The van der Waals surface area contributed by atoms with Crippen LogP contribution in [0.15, 0.2) is 59.4 Å². The van der Waals surface area contributed by atoms with Crippen molar-refractivity contribution in [3.05, 3.63) is 80.8 Å². The number of hydrogen-bond donors (Lipinski definition) is 1. The number of amides is 1. The molecule has 0 radical (unpaired) electrons. The Morgan fingerprint density at radius 3 is 2.48 bits per heavy atom. The number of thiophene rings is 1. The molecule has 4 rings (SSSR count). The highest BCUT2D eigenvalue weighted by Gasteiger charge is 2.15. The van der Waals surface area contributed by atoms with Gasteiger partial charge in [0, 0.05) is 20.6 Å². The van der Waals surface area contributed by atoms with Gasteiger partial charge in [-0.15, -0.1) is 11.3 Å². The number of benzene rings is 2.